The van der Waals surface area contributed by atoms with Crippen molar-refractivity contribution in [3.8, 4) is 0 Å². The maximum Gasteiger partial charge on any atom is 0.201 e. The standard InChI is InChI=1S/C11H12BrN3/c12-8-3-4-10-9(5-8)14-11(13)15(10)6-7-1-2-7/h3-5,7H,1-2,6H2,(H2,13,14). The third kappa shape index (κ3) is 1.63. The molecule has 3 rings (SSSR count). The highest BCUT2D eigenvalue weighted by atomic mass is 79.9. The number of aromatic nitrogens is 2. The molecule has 15 heavy (non-hydrogen) atoms. The minimum Gasteiger partial charge on any atom is -0.369 e. The summed E-state index contributed by atoms with van der Waals surface area (Å²) in [6.07, 6.45) is 2.66. The van der Waals surface area contributed by atoms with Crippen molar-refractivity contribution in [2.45, 2.75) is 19.4 Å². The number of fused-ring (bicyclic) bond motifs is 1. The summed E-state index contributed by atoms with van der Waals surface area (Å²) >= 11 is 3.44. The first-order chi connectivity index (χ1) is 7.24. The molecule has 1 aromatic heterocycles. The van der Waals surface area contributed by atoms with E-state index in [1.54, 1.807) is 0 Å². The van der Waals surface area contributed by atoms with Crippen molar-refractivity contribution in [1.82, 2.24) is 9.55 Å². The first-order valence-electron chi connectivity index (χ1n) is 5.15. The number of halogens is 1. The van der Waals surface area contributed by atoms with Gasteiger partial charge >= 0.3 is 0 Å². The van der Waals surface area contributed by atoms with E-state index < -0.39 is 0 Å². The third-order valence-electron chi connectivity index (χ3n) is 2.88. The van der Waals surface area contributed by atoms with Gasteiger partial charge in [0.05, 0.1) is 11.0 Å². The first-order valence-corrected chi connectivity index (χ1v) is 5.94. The molecular weight excluding hydrogens is 254 g/mol. The summed E-state index contributed by atoms with van der Waals surface area (Å²) in [5.41, 5.74) is 8.03. The zero-order valence-electron chi connectivity index (χ0n) is 8.28. The van der Waals surface area contributed by atoms with Gasteiger partial charge in [0.2, 0.25) is 5.95 Å². The Balaban J connectivity index is 2.13. The summed E-state index contributed by atoms with van der Waals surface area (Å²) in [5, 5.41) is 0. The van der Waals surface area contributed by atoms with E-state index in [-0.39, 0.29) is 0 Å². The van der Waals surface area contributed by atoms with Gasteiger partial charge in [-0.15, -0.1) is 0 Å². The van der Waals surface area contributed by atoms with Crippen LogP contribution in [0.2, 0.25) is 0 Å². The van der Waals surface area contributed by atoms with Crippen molar-refractivity contribution in [1.29, 1.82) is 0 Å². The maximum absolute atomic E-state index is 5.92. The van der Waals surface area contributed by atoms with Crippen LogP contribution >= 0.6 is 15.9 Å². The van der Waals surface area contributed by atoms with Gasteiger partial charge in [0.15, 0.2) is 0 Å². The van der Waals surface area contributed by atoms with Crippen molar-refractivity contribution in [2.75, 3.05) is 5.73 Å². The second-order valence-corrected chi connectivity index (χ2v) is 5.07. The molecule has 0 atom stereocenters. The molecule has 4 heteroatoms. The van der Waals surface area contributed by atoms with Crippen molar-refractivity contribution in [3.63, 3.8) is 0 Å². The molecule has 1 heterocycles. The molecule has 2 aromatic rings. The Morgan fingerprint density at radius 2 is 2.27 bits per heavy atom. The molecule has 0 unspecified atom stereocenters. The van der Waals surface area contributed by atoms with Gasteiger partial charge in [-0.1, -0.05) is 15.9 Å². The monoisotopic (exact) mass is 265 g/mol. The van der Waals surface area contributed by atoms with Gasteiger partial charge in [0.25, 0.3) is 0 Å². The lowest BCUT2D eigenvalue weighted by atomic mass is 10.3. The molecule has 78 valence electrons. The summed E-state index contributed by atoms with van der Waals surface area (Å²) in [5.74, 6) is 1.45. The predicted octanol–water partition coefficient (Wildman–Crippen LogP) is 2.79. The Morgan fingerprint density at radius 1 is 1.47 bits per heavy atom. The number of rotatable bonds is 2. The van der Waals surface area contributed by atoms with Gasteiger partial charge in [-0.05, 0) is 37.0 Å². The van der Waals surface area contributed by atoms with Crippen LogP contribution in [0.25, 0.3) is 11.0 Å². The fourth-order valence-electron chi connectivity index (χ4n) is 1.87. The lowest BCUT2D eigenvalue weighted by Gasteiger charge is -2.04. The lowest BCUT2D eigenvalue weighted by molar-refractivity contribution is 0.650. The van der Waals surface area contributed by atoms with E-state index in [1.807, 2.05) is 12.1 Å². The molecule has 3 nitrogen and oxygen atoms in total. The molecule has 1 fully saturated rings. The minimum absolute atomic E-state index is 0.634. The molecule has 0 amide bonds. The second-order valence-electron chi connectivity index (χ2n) is 4.16. The SMILES string of the molecule is Nc1nc2cc(Br)ccc2n1CC1CC1. The molecule has 0 aliphatic heterocycles. The number of hydrogen-bond donors (Lipinski definition) is 1. The van der Waals surface area contributed by atoms with Gasteiger partial charge in [-0.25, -0.2) is 4.98 Å². The Hall–Kier alpha value is -1.03. The van der Waals surface area contributed by atoms with Crippen LogP contribution in [0.4, 0.5) is 5.95 Å². The first kappa shape index (κ1) is 9.21. The van der Waals surface area contributed by atoms with Crippen LogP contribution in [0.5, 0.6) is 0 Å². The zero-order chi connectivity index (χ0) is 10.4. The Kier molecular flexibility index (Phi) is 1.99. The maximum atomic E-state index is 5.92. The van der Waals surface area contributed by atoms with E-state index in [2.05, 4.69) is 31.5 Å². The van der Waals surface area contributed by atoms with Crippen molar-refractivity contribution >= 4 is 32.9 Å². The number of anilines is 1. The molecule has 1 aliphatic carbocycles. The van der Waals surface area contributed by atoms with Crippen LogP contribution in [-0.4, -0.2) is 9.55 Å². The number of imidazole rings is 1. The van der Waals surface area contributed by atoms with Crippen LogP contribution in [-0.2, 0) is 6.54 Å². The predicted molar refractivity (Wildman–Crippen MR) is 64.6 cm³/mol. The number of hydrogen-bond acceptors (Lipinski definition) is 2. The van der Waals surface area contributed by atoms with Gasteiger partial charge in [0, 0.05) is 11.0 Å². The highest BCUT2D eigenvalue weighted by Crippen LogP contribution is 2.33. The molecule has 0 saturated heterocycles. The number of nitrogen functional groups attached to an aromatic ring is 1. The van der Waals surface area contributed by atoms with Gasteiger partial charge in [-0.2, -0.15) is 0 Å². The summed E-state index contributed by atoms with van der Waals surface area (Å²) in [7, 11) is 0. The largest absolute Gasteiger partial charge is 0.369 e. The third-order valence-corrected chi connectivity index (χ3v) is 3.37. The molecule has 1 saturated carbocycles. The molecule has 2 N–H and O–H groups in total. The van der Waals surface area contributed by atoms with Crippen molar-refractivity contribution in [2.24, 2.45) is 5.92 Å². The molecule has 0 spiro atoms. The average molecular weight is 266 g/mol. The molecule has 0 bridgehead atoms. The Labute approximate surface area is 96.4 Å². The Morgan fingerprint density at radius 3 is 3.00 bits per heavy atom. The smallest absolute Gasteiger partial charge is 0.201 e. The molecule has 0 radical (unpaired) electrons. The quantitative estimate of drug-likeness (QED) is 0.908. The van der Waals surface area contributed by atoms with Crippen LogP contribution in [0, 0.1) is 5.92 Å². The summed E-state index contributed by atoms with van der Waals surface area (Å²) < 4.78 is 3.17. The molecular formula is C11H12BrN3. The van der Waals surface area contributed by atoms with E-state index in [0.29, 0.717) is 5.95 Å². The van der Waals surface area contributed by atoms with E-state index in [1.165, 1.54) is 12.8 Å². The Bertz CT molecular complexity index is 514. The van der Waals surface area contributed by atoms with Crippen LogP contribution in [0.3, 0.4) is 0 Å². The highest BCUT2D eigenvalue weighted by Gasteiger charge is 2.23. The van der Waals surface area contributed by atoms with E-state index >= 15 is 0 Å². The molecule has 1 aromatic carbocycles. The number of nitrogens with two attached hydrogens (primary N) is 1. The lowest BCUT2D eigenvalue weighted by Crippen LogP contribution is -2.04. The summed E-state index contributed by atoms with van der Waals surface area (Å²) in [6.45, 7) is 1.02. The zero-order valence-corrected chi connectivity index (χ0v) is 9.87. The number of nitrogens with zero attached hydrogens (tertiary/aromatic N) is 2. The summed E-state index contributed by atoms with van der Waals surface area (Å²) in [6, 6.07) is 6.12. The fraction of sp³-hybridized carbons (Fsp3) is 0.364. The van der Waals surface area contributed by atoms with Gasteiger partial charge < -0.3 is 10.3 Å². The highest BCUT2D eigenvalue weighted by molar-refractivity contribution is 9.10. The van der Waals surface area contributed by atoms with Crippen LogP contribution in [0.15, 0.2) is 22.7 Å². The van der Waals surface area contributed by atoms with Crippen molar-refractivity contribution in [3.05, 3.63) is 22.7 Å². The topological polar surface area (TPSA) is 43.8 Å². The van der Waals surface area contributed by atoms with E-state index in [0.717, 1.165) is 28.0 Å². The minimum atomic E-state index is 0.634. The van der Waals surface area contributed by atoms with E-state index in [4.69, 9.17) is 5.73 Å². The van der Waals surface area contributed by atoms with Gasteiger partial charge in [0.1, 0.15) is 0 Å². The van der Waals surface area contributed by atoms with E-state index in [9.17, 15) is 0 Å². The fourth-order valence-corrected chi connectivity index (χ4v) is 2.22. The molecule has 1 aliphatic rings. The summed E-state index contributed by atoms with van der Waals surface area (Å²) in [4.78, 5) is 4.37. The second kappa shape index (κ2) is 3.23. The van der Waals surface area contributed by atoms with Crippen LogP contribution < -0.4 is 5.73 Å². The normalized spacial score (nSPS) is 16.1. The average Bonchev–Trinajstić information content (AvgIpc) is 2.93. The van der Waals surface area contributed by atoms with Crippen molar-refractivity contribution < 1.29 is 0 Å². The van der Waals surface area contributed by atoms with Crippen LogP contribution in [0.1, 0.15) is 12.8 Å². The number of benzene rings is 1. The van der Waals surface area contributed by atoms with Gasteiger partial charge in [-0.3, -0.25) is 0 Å².